The molecule has 98 valence electrons. The van der Waals surface area contributed by atoms with E-state index in [4.69, 9.17) is 0 Å². The van der Waals surface area contributed by atoms with Crippen molar-refractivity contribution < 1.29 is 9.90 Å². The quantitative estimate of drug-likeness (QED) is 0.804. The average molecular weight is 360 g/mol. The Kier molecular flexibility index (Phi) is 4.96. The van der Waals surface area contributed by atoms with Gasteiger partial charge in [-0.05, 0) is 54.1 Å². The van der Waals surface area contributed by atoms with Crippen LogP contribution >= 0.6 is 22.6 Å². The van der Waals surface area contributed by atoms with E-state index in [0.717, 1.165) is 28.6 Å². The lowest BCUT2D eigenvalue weighted by atomic mass is 10.2. The number of amides is 1. The van der Waals surface area contributed by atoms with Crippen molar-refractivity contribution in [3.05, 3.63) is 27.8 Å². The number of benzene rings is 1. The zero-order chi connectivity index (χ0) is 13.0. The number of para-hydroxylation sites is 1. The molecule has 1 aliphatic rings. The van der Waals surface area contributed by atoms with Crippen LogP contribution in [0.5, 0.6) is 0 Å². The van der Waals surface area contributed by atoms with Crippen LogP contribution in [-0.4, -0.2) is 41.7 Å². The average Bonchev–Trinajstić information content (AvgIpc) is 2.79. The minimum Gasteiger partial charge on any atom is -0.395 e. The van der Waals surface area contributed by atoms with E-state index >= 15 is 0 Å². The Labute approximate surface area is 121 Å². The number of carbonyl (C=O) groups is 1. The third-order valence-electron chi connectivity index (χ3n) is 3.20. The number of nitrogens with one attached hydrogen (secondary N) is 1. The van der Waals surface area contributed by atoms with Crippen LogP contribution in [0.2, 0.25) is 0 Å². The molecule has 1 aromatic carbocycles. The first-order valence-electron chi connectivity index (χ1n) is 6.10. The van der Waals surface area contributed by atoms with Crippen molar-refractivity contribution in [3.63, 3.8) is 0 Å². The first kappa shape index (κ1) is 13.8. The maximum Gasteiger partial charge on any atom is 0.238 e. The van der Waals surface area contributed by atoms with Crippen molar-refractivity contribution in [2.45, 2.75) is 18.9 Å². The van der Waals surface area contributed by atoms with Crippen LogP contribution < -0.4 is 5.32 Å². The summed E-state index contributed by atoms with van der Waals surface area (Å²) in [5, 5.41) is 12.1. The largest absolute Gasteiger partial charge is 0.395 e. The molecule has 0 saturated carbocycles. The number of likely N-dealkylation sites (tertiary alicyclic amines) is 1. The molecule has 0 aliphatic carbocycles. The predicted octanol–water partition coefficient (Wildman–Crippen LogP) is 1.69. The highest BCUT2D eigenvalue weighted by Crippen LogP contribution is 2.18. The van der Waals surface area contributed by atoms with Crippen LogP contribution in [0, 0.1) is 3.57 Å². The number of nitrogens with zero attached hydrogens (tertiary/aromatic N) is 1. The molecule has 4 nitrogen and oxygen atoms in total. The van der Waals surface area contributed by atoms with Crippen LogP contribution in [0.4, 0.5) is 5.69 Å². The van der Waals surface area contributed by atoms with Crippen molar-refractivity contribution in [1.29, 1.82) is 0 Å². The number of aliphatic hydroxyl groups is 1. The molecule has 1 saturated heterocycles. The molecule has 0 unspecified atom stereocenters. The van der Waals surface area contributed by atoms with E-state index in [9.17, 15) is 9.90 Å². The lowest BCUT2D eigenvalue weighted by molar-refractivity contribution is -0.117. The van der Waals surface area contributed by atoms with Crippen LogP contribution in [0.25, 0.3) is 0 Å². The minimum absolute atomic E-state index is 0.0144. The van der Waals surface area contributed by atoms with Crippen molar-refractivity contribution in [2.24, 2.45) is 0 Å². The van der Waals surface area contributed by atoms with E-state index in [1.54, 1.807) is 0 Å². The summed E-state index contributed by atoms with van der Waals surface area (Å²) in [5.74, 6) is -0.0144. The van der Waals surface area contributed by atoms with Crippen molar-refractivity contribution >= 4 is 34.2 Å². The van der Waals surface area contributed by atoms with E-state index in [1.165, 1.54) is 0 Å². The normalized spacial score (nSPS) is 20.0. The van der Waals surface area contributed by atoms with Gasteiger partial charge in [-0.15, -0.1) is 0 Å². The van der Waals surface area contributed by atoms with Gasteiger partial charge in [0.15, 0.2) is 0 Å². The summed E-state index contributed by atoms with van der Waals surface area (Å²) < 4.78 is 1.03. The van der Waals surface area contributed by atoms with Crippen molar-refractivity contribution in [2.75, 3.05) is 25.0 Å². The fourth-order valence-corrected chi connectivity index (χ4v) is 2.77. The van der Waals surface area contributed by atoms with E-state index in [2.05, 4.69) is 27.9 Å². The lowest BCUT2D eigenvalue weighted by Gasteiger charge is -2.21. The number of anilines is 1. The Morgan fingerprint density at radius 1 is 1.50 bits per heavy atom. The molecule has 1 amide bonds. The fraction of sp³-hybridized carbons (Fsp3) is 0.462. The summed E-state index contributed by atoms with van der Waals surface area (Å²) in [4.78, 5) is 14.0. The first-order chi connectivity index (χ1) is 8.70. The Bertz CT molecular complexity index is 425. The van der Waals surface area contributed by atoms with Gasteiger partial charge in [0.1, 0.15) is 0 Å². The van der Waals surface area contributed by atoms with Crippen LogP contribution in [0.15, 0.2) is 24.3 Å². The van der Waals surface area contributed by atoms with E-state index < -0.39 is 0 Å². The molecule has 0 bridgehead atoms. The van der Waals surface area contributed by atoms with Gasteiger partial charge in [-0.2, -0.15) is 0 Å². The summed E-state index contributed by atoms with van der Waals surface area (Å²) >= 11 is 2.20. The topological polar surface area (TPSA) is 52.6 Å². The molecule has 0 aromatic heterocycles. The van der Waals surface area contributed by atoms with Gasteiger partial charge in [0, 0.05) is 9.61 Å². The summed E-state index contributed by atoms with van der Waals surface area (Å²) in [7, 11) is 0. The molecule has 1 atom stereocenters. The van der Waals surface area contributed by atoms with Gasteiger partial charge in [0.05, 0.1) is 18.8 Å². The molecule has 5 heteroatoms. The number of halogens is 1. The Balaban J connectivity index is 1.91. The molecular weight excluding hydrogens is 343 g/mol. The summed E-state index contributed by atoms with van der Waals surface area (Å²) in [6.45, 7) is 1.39. The second-order valence-electron chi connectivity index (χ2n) is 4.48. The van der Waals surface area contributed by atoms with Gasteiger partial charge in [-0.1, -0.05) is 12.1 Å². The van der Waals surface area contributed by atoms with Crippen LogP contribution in [0.1, 0.15) is 12.8 Å². The first-order valence-corrected chi connectivity index (χ1v) is 7.18. The molecular formula is C13H17IN2O2. The summed E-state index contributed by atoms with van der Waals surface area (Å²) in [6, 6.07) is 7.85. The van der Waals surface area contributed by atoms with Gasteiger partial charge >= 0.3 is 0 Å². The second-order valence-corrected chi connectivity index (χ2v) is 5.64. The number of hydrogen-bond acceptors (Lipinski definition) is 3. The molecule has 18 heavy (non-hydrogen) atoms. The zero-order valence-corrected chi connectivity index (χ0v) is 12.3. The third kappa shape index (κ3) is 3.43. The highest BCUT2D eigenvalue weighted by Gasteiger charge is 2.25. The summed E-state index contributed by atoms with van der Waals surface area (Å²) in [6.07, 6.45) is 2.04. The number of rotatable bonds is 4. The molecule has 0 radical (unpaired) electrons. The predicted molar refractivity (Wildman–Crippen MR) is 79.5 cm³/mol. The number of aliphatic hydroxyl groups excluding tert-OH is 1. The molecule has 2 N–H and O–H groups in total. The van der Waals surface area contributed by atoms with E-state index in [0.29, 0.717) is 6.54 Å². The van der Waals surface area contributed by atoms with Gasteiger partial charge < -0.3 is 10.4 Å². The number of carbonyl (C=O) groups excluding carboxylic acids is 1. The van der Waals surface area contributed by atoms with Crippen molar-refractivity contribution in [1.82, 2.24) is 4.90 Å². The number of hydrogen-bond donors (Lipinski definition) is 2. The lowest BCUT2D eigenvalue weighted by Crippen LogP contribution is -2.38. The smallest absolute Gasteiger partial charge is 0.238 e. The maximum absolute atomic E-state index is 11.9. The van der Waals surface area contributed by atoms with Crippen molar-refractivity contribution in [3.8, 4) is 0 Å². The second kappa shape index (κ2) is 6.49. The van der Waals surface area contributed by atoms with Gasteiger partial charge in [-0.25, -0.2) is 0 Å². The Hall–Kier alpha value is -0.660. The third-order valence-corrected chi connectivity index (χ3v) is 4.15. The molecule has 2 rings (SSSR count). The molecule has 1 aliphatic heterocycles. The minimum atomic E-state index is -0.0144. The molecule has 1 fully saturated rings. The highest BCUT2D eigenvalue weighted by molar-refractivity contribution is 14.1. The van der Waals surface area contributed by atoms with Gasteiger partial charge in [-0.3, -0.25) is 9.69 Å². The summed E-state index contributed by atoms with van der Waals surface area (Å²) in [5.41, 5.74) is 0.850. The Morgan fingerprint density at radius 2 is 2.28 bits per heavy atom. The van der Waals surface area contributed by atoms with E-state index in [1.807, 2.05) is 29.2 Å². The SMILES string of the molecule is O=C(CN1CCC[C@H]1CO)Nc1ccccc1I. The Morgan fingerprint density at radius 3 is 3.00 bits per heavy atom. The standard InChI is InChI=1S/C13H17IN2O2/c14-11-5-1-2-6-12(11)15-13(18)8-16-7-3-4-10(16)9-17/h1-2,5-6,10,17H,3-4,7-9H2,(H,15,18)/t10-/m0/s1. The van der Waals surface area contributed by atoms with Crippen LogP contribution in [0.3, 0.4) is 0 Å². The molecule has 0 spiro atoms. The monoisotopic (exact) mass is 360 g/mol. The fourth-order valence-electron chi connectivity index (χ4n) is 2.25. The van der Waals surface area contributed by atoms with Gasteiger partial charge in [0.2, 0.25) is 5.91 Å². The molecule has 1 aromatic rings. The molecule has 1 heterocycles. The highest BCUT2D eigenvalue weighted by atomic mass is 127. The zero-order valence-electron chi connectivity index (χ0n) is 10.1. The van der Waals surface area contributed by atoms with Crippen LogP contribution in [-0.2, 0) is 4.79 Å². The van der Waals surface area contributed by atoms with E-state index in [-0.39, 0.29) is 18.6 Å². The maximum atomic E-state index is 11.9. The van der Waals surface area contributed by atoms with Gasteiger partial charge in [0.25, 0.3) is 0 Å².